The van der Waals surface area contributed by atoms with Gasteiger partial charge in [-0.3, -0.25) is 4.79 Å². The van der Waals surface area contributed by atoms with Crippen LogP contribution in [-0.2, 0) is 0 Å². The van der Waals surface area contributed by atoms with E-state index in [9.17, 15) is 13.6 Å². The molecule has 1 aromatic rings. The number of hydrogen-bond acceptors (Lipinski definition) is 1. The van der Waals surface area contributed by atoms with Crippen LogP contribution in [0, 0.1) is 6.92 Å². The van der Waals surface area contributed by atoms with E-state index in [1.54, 1.807) is 13.0 Å². The number of carbonyl (C=O) groups excluding carboxylic acids is 1. The zero-order chi connectivity index (χ0) is 9.14. The van der Waals surface area contributed by atoms with Gasteiger partial charge in [0, 0.05) is 11.1 Å². The van der Waals surface area contributed by atoms with Gasteiger partial charge in [0.1, 0.15) is 6.29 Å². The van der Waals surface area contributed by atoms with Crippen molar-refractivity contribution in [2.24, 2.45) is 0 Å². The molecule has 3 heteroatoms. The fourth-order valence-electron chi connectivity index (χ4n) is 1.04. The van der Waals surface area contributed by atoms with Gasteiger partial charge in [-0.2, -0.15) is 0 Å². The maximum Gasteiger partial charge on any atom is 0.263 e. The van der Waals surface area contributed by atoms with E-state index in [2.05, 4.69) is 0 Å². The molecule has 0 aliphatic heterocycles. The van der Waals surface area contributed by atoms with Crippen molar-refractivity contribution in [2.75, 3.05) is 0 Å². The summed E-state index contributed by atoms with van der Waals surface area (Å²) in [4.78, 5) is 10.3. The lowest BCUT2D eigenvalue weighted by molar-refractivity contribution is 0.112. The number of alkyl halides is 2. The van der Waals surface area contributed by atoms with Gasteiger partial charge in [-0.25, -0.2) is 8.78 Å². The maximum atomic E-state index is 12.1. The highest BCUT2D eigenvalue weighted by atomic mass is 19.3. The lowest BCUT2D eigenvalue weighted by Gasteiger charge is -2.01. The fraction of sp³-hybridized carbons (Fsp3) is 0.222. The van der Waals surface area contributed by atoms with E-state index < -0.39 is 6.43 Å². The number of carbonyl (C=O) groups is 1. The highest BCUT2D eigenvalue weighted by Gasteiger charge is 2.07. The number of aryl methyl sites for hydroxylation is 1. The van der Waals surface area contributed by atoms with Crippen molar-refractivity contribution >= 4 is 6.29 Å². The third-order valence-electron chi connectivity index (χ3n) is 1.51. The van der Waals surface area contributed by atoms with Crippen molar-refractivity contribution in [3.8, 4) is 0 Å². The molecular formula is C9H8F2O. The van der Waals surface area contributed by atoms with E-state index in [1.807, 2.05) is 0 Å². The van der Waals surface area contributed by atoms with E-state index in [-0.39, 0.29) is 5.56 Å². The van der Waals surface area contributed by atoms with Crippen LogP contribution in [-0.4, -0.2) is 6.29 Å². The van der Waals surface area contributed by atoms with E-state index in [1.165, 1.54) is 12.1 Å². The minimum Gasteiger partial charge on any atom is -0.298 e. The van der Waals surface area contributed by atoms with Crippen molar-refractivity contribution in [3.63, 3.8) is 0 Å². The van der Waals surface area contributed by atoms with Crippen LogP contribution in [0.1, 0.15) is 27.9 Å². The van der Waals surface area contributed by atoms with Gasteiger partial charge >= 0.3 is 0 Å². The minimum atomic E-state index is -2.51. The van der Waals surface area contributed by atoms with Crippen LogP contribution in [0.2, 0.25) is 0 Å². The largest absolute Gasteiger partial charge is 0.298 e. The molecule has 0 fully saturated rings. The highest BCUT2D eigenvalue weighted by molar-refractivity contribution is 5.75. The van der Waals surface area contributed by atoms with Gasteiger partial charge in [0.25, 0.3) is 6.43 Å². The second-order valence-corrected chi connectivity index (χ2v) is 2.60. The Balaban J connectivity index is 3.14. The van der Waals surface area contributed by atoms with Crippen LogP contribution in [0.15, 0.2) is 18.2 Å². The molecule has 0 radical (unpaired) electrons. The number of hydrogen-bond donors (Lipinski definition) is 0. The molecular weight excluding hydrogens is 162 g/mol. The average molecular weight is 170 g/mol. The summed E-state index contributed by atoms with van der Waals surface area (Å²) in [5.41, 5.74) is 0.873. The maximum absolute atomic E-state index is 12.1. The number of benzene rings is 1. The second kappa shape index (κ2) is 3.43. The first kappa shape index (κ1) is 8.84. The summed E-state index contributed by atoms with van der Waals surface area (Å²) in [6.45, 7) is 1.68. The third-order valence-corrected chi connectivity index (χ3v) is 1.51. The van der Waals surface area contributed by atoms with Crippen LogP contribution in [0.4, 0.5) is 8.78 Å². The summed E-state index contributed by atoms with van der Waals surface area (Å²) in [5.74, 6) is 0. The Morgan fingerprint density at radius 2 is 2.00 bits per heavy atom. The zero-order valence-electron chi connectivity index (χ0n) is 6.55. The summed E-state index contributed by atoms with van der Waals surface area (Å²) in [6, 6.07) is 4.14. The number of aldehydes is 1. The Hall–Kier alpha value is -1.25. The zero-order valence-corrected chi connectivity index (χ0v) is 6.55. The first-order valence-corrected chi connectivity index (χ1v) is 3.48. The molecule has 1 rings (SSSR count). The van der Waals surface area contributed by atoms with Gasteiger partial charge in [-0.05, 0) is 24.6 Å². The topological polar surface area (TPSA) is 17.1 Å². The van der Waals surface area contributed by atoms with Gasteiger partial charge < -0.3 is 0 Å². The van der Waals surface area contributed by atoms with Gasteiger partial charge in [-0.15, -0.1) is 0 Å². The molecule has 0 aliphatic carbocycles. The summed E-state index contributed by atoms with van der Waals surface area (Å²) < 4.78 is 24.3. The Morgan fingerprint density at radius 3 is 2.50 bits per heavy atom. The van der Waals surface area contributed by atoms with Crippen LogP contribution in [0.25, 0.3) is 0 Å². The van der Waals surface area contributed by atoms with E-state index in [0.29, 0.717) is 17.4 Å². The SMILES string of the molecule is Cc1cc(C=O)cc(C(F)F)c1. The fourth-order valence-corrected chi connectivity index (χ4v) is 1.04. The molecule has 0 bridgehead atoms. The first-order valence-electron chi connectivity index (χ1n) is 3.48. The van der Waals surface area contributed by atoms with E-state index >= 15 is 0 Å². The van der Waals surface area contributed by atoms with Gasteiger partial charge in [0.15, 0.2) is 0 Å². The van der Waals surface area contributed by atoms with Crippen LogP contribution in [0.5, 0.6) is 0 Å². The molecule has 12 heavy (non-hydrogen) atoms. The smallest absolute Gasteiger partial charge is 0.263 e. The molecule has 0 saturated carbocycles. The molecule has 0 unspecified atom stereocenters. The molecule has 64 valence electrons. The summed E-state index contributed by atoms with van der Waals surface area (Å²) in [7, 11) is 0. The van der Waals surface area contributed by atoms with Crippen LogP contribution >= 0.6 is 0 Å². The molecule has 1 aromatic carbocycles. The van der Waals surface area contributed by atoms with E-state index in [4.69, 9.17) is 0 Å². The second-order valence-electron chi connectivity index (χ2n) is 2.60. The third kappa shape index (κ3) is 1.87. The van der Waals surface area contributed by atoms with Crippen molar-refractivity contribution in [1.82, 2.24) is 0 Å². The molecule has 0 spiro atoms. The highest BCUT2D eigenvalue weighted by Crippen LogP contribution is 2.20. The number of rotatable bonds is 2. The monoisotopic (exact) mass is 170 g/mol. The molecule has 0 saturated heterocycles. The molecule has 0 aromatic heterocycles. The van der Waals surface area contributed by atoms with Crippen molar-refractivity contribution in [2.45, 2.75) is 13.3 Å². The summed E-state index contributed by atoms with van der Waals surface area (Å²) in [5, 5.41) is 0. The summed E-state index contributed by atoms with van der Waals surface area (Å²) in [6.07, 6.45) is -1.94. The van der Waals surface area contributed by atoms with Crippen LogP contribution in [0.3, 0.4) is 0 Å². The molecule has 0 N–H and O–H groups in total. The predicted molar refractivity (Wildman–Crippen MR) is 41.5 cm³/mol. The first-order chi connectivity index (χ1) is 5.63. The Bertz CT molecular complexity index is 295. The molecule has 0 aliphatic rings. The lowest BCUT2D eigenvalue weighted by atomic mass is 10.1. The standard InChI is InChI=1S/C9H8F2O/c1-6-2-7(5-12)4-8(3-6)9(10)11/h2-5,9H,1H3. The Kier molecular flexibility index (Phi) is 2.53. The van der Waals surface area contributed by atoms with Gasteiger partial charge in [0.2, 0.25) is 0 Å². The summed E-state index contributed by atoms with van der Waals surface area (Å²) >= 11 is 0. The van der Waals surface area contributed by atoms with E-state index in [0.717, 1.165) is 0 Å². The average Bonchev–Trinajstić information content (AvgIpc) is 2.03. The lowest BCUT2D eigenvalue weighted by Crippen LogP contribution is -1.89. The van der Waals surface area contributed by atoms with Gasteiger partial charge in [0.05, 0.1) is 0 Å². The molecule has 0 amide bonds. The number of halogens is 2. The quantitative estimate of drug-likeness (QED) is 0.623. The van der Waals surface area contributed by atoms with Crippen molar-refractivity contribution < 1.29 is 13.6 Å². The van der Waals surface area contributed by atoms with Crippen LogP contribution < -0.4 is 0 Å². The normalized spacial score (nSPS) is 10.3. The Morgan fingerprint density at radius 1 is 1.33 bits per heavy atom. The predicted octanol–water partition coefficient (Wildman–Crippen LogP) is 2.75. The minimum absolute atomic E-state index is 0.0999. The molecule has 0 heterocycles. The molecule has 0 atom stereocenters. The Labute approximate surface area is 69.0 Å². The van der Waals surface area contributed by atoms with Gasteiger partial charge in [-0.1, -0.05) is 6.07 Å². The van der Waals surface area contributed by atoms with Crippen molar-refractivity contribution in [3.05, 3.63) is 34.9 Å². The molecule has 1 nitrogen and oxygen atoms in total. The van der Waals surface area contributed by atoms with Crippen molar-refractivity contribution in [1.29, 1.82) is 0 Å².